The zero-order valence-corrected chi connectivity index (χ0v) is 8.59. The molecule has 0 aliphatic heterocycles. The minimum atomic E-state index is -0.0172. The van der Waals surface area contributed by atoms with Gasteiger partial charge in [0.25, 0.3) is 0 Å². The summed E-state index contributed by atoms with van der Waals surface area (Å²) >= 11 is 1.52. The van der Waals surface area contributed by atoms with E-state index in [2.05, 4.69) is 10.3 Å². The molecule has 5 heteroatoms. The fraction of sp³-hybridized carbons (Fsp3) is 0.333. The Morgan fingerprint density at radius 1 is 1.64 bits per heavy atom. The molecule has 0 radical (unpaired) electrons. The first-order chi connectivity index (χ1) is 6.83. The molecule has 4 nitrogen and oxygen atoms in total. The van der Waals surface area contributed by atoms with Crippen LogP contribution >= 0.6 is 11.8 Å². The van der Waals surface area contributed by atoms with Crippen LogP contribution < -0.4 is 11.1 Å². The third-order valence-corrected chi connectivity index (χ3v) is 2.43. The number of nitrogens with zero attached hydrogens (tertiary/aromatic N) is 1. The van der Waals surface area contributed by atoms with Crippen LogP contribution in [0.25, 0.3) is 0 Å². The Kier molecular flexibility index (Phi) is 5.03. The number of nitrogens with two attached hydrogens (primary N) is 1. The van der Waals surface area contributed by atoms with Gasteiger partial charge in [0.1, 0.15) is 0 Å². The third-order valence-electron chi connectivity index (χ3n) is 1.44. The van der Waals surface area contributed by atoms with Gasteiger partial charge < -0.3 is 11.1 Å². The maximum atomic E-state index is 11.3. The maximum Gasteiger partial charge on any atom is 0.234 e. The summed E-state index contributed by atoms with van der Waals surface area (Å²) in [5, 5.41) is 2.74. The molecule has 0 aromatic carbocycles. The molecule has 0 fully saturated rings. The Balaban J connectivity index is 2.27. The summed E-state index contributed by atoms with van der Waals surface area (Å²) < 4.78 is 0. The van der Waals surface area contributed by atoms with Gasteiger partial charge in [-0.2, -0.15) is 11.8 Å². The zero-order valence-electron chi connectivity index (χ0n) is 7.77. The average molecular weight is 211 g/mol. The zero-order chi connectivity index (χ0) is 10.2. The van der Waals surface area contributed by atoms with Crippen LogP contribution in [0.1, 0.15) is 0 Å². The van der Waals surface area contributed by atoms with Crippen LogP contribution in [0.15, 0.2) is 24.5 Å². The van der Waals surface area contributed by atoms with E-state index in [-0.39, 0.29) is 5.91 Å². The van der Waals surface area contributed by atoms with Crippen molar-refractivity contribution in [2.45, 2.75) is 0 Å². The quantitative estimate of drug-likeness (QED) is 0.704. The van der Waals surface area contributed by atoms with Crippen molar-refractivity contribution in [2.24, 2.45) is 5.73 Å². The fourth-order valence-electron chi connectivity index (χ4n) is 0.882. The Labute approximate surface area is 87.3 Å². The van der Waals surface area contributed by atoms with E-state index < -0.39 is 0 Å². The molecule has 1 amide bonds. The molecular formula is C9H13N3OS. The molecule has 0 aliphatic rings. The number of nitrogens with one attached hydrogen (secondary N) is 1. The van der Waals surface area contributed by atoms with E-state index in [0.29, 0.717) is 12.3 Å². The molecule has 0 bridgehead atoms. The van der Waals surface area contributed by atoms with Gasteiger partial charge in [-0.1, -0.05) is 0 Å². The average Bonchev–Trinajstić information content (AvgIpc) is 2.20. The lowest BCUT2D eigenvalue weighted by molar-refractivity contribution is -0.113. The molecule has 0 aliphatic carbocycles. The summed E-state index contributed by atoms with van der Waals surface area (Å²) in [6.45, 7) is 0.602. The second kappa shape index (κ2) is 6.39. The van der Waals surface area contributed by atoms with Crippen molar-refractivity contribution in [3.8, 4) is 0 Å². The number of pyridine rings is 1. The molecule has 0 atom stereocenters. The fourth-order valence-corrected chi connectivity index (χ4v) is 1.45. The highest BCUT2D eigenvalue weighted by Gasteiger charge is 2.01. The van der Waals surface area contributed by atoms with Crippen molar-refractivity contribution < 1.29 is 4.79 Å². The second-order valence-electron chi connectivity index (χ2n) is 2.63. The standard InChI is InChI=1S/C9H13N3OS/c10-3-5-14-7-9(13)12-8-2-1-4-11-6-8/h1-2,4,6H,3,5,7,10H2,(H,12,13). The number of hydrogen-bond acceptors (Lipinski definition) is 4. The van der Waals surface area contributed by atoms with Crippen LogP contribution in [-0.2, 0) is 4.79 Å². The summed E-state index contributed by atoms with van der Waals surface area (Å²) in [5.41, 5.74) is 6.03. The lowest BCUT2D eigenvalue weighted by Crippen LogP contribution is -2.15. The topological polar surface area (TPSA) is 68.0 Å². The van der Waals surface area contributed by atoms with Crippen molar-refractivity contribution in [3.63, 3.8) is 0 Å². The molecule has 76 valence electrons. The first-order valence-electron chi connectivity index (χ1n) is 4.30. The number of thioether (sulfide) groups is 1. The van der Waals surface area contributed by atoms with Gasteiger partial charge in [0.2, 0.25) is 5.91 Å². The van der Waals surface area contributed by atoms with Crippen LogP contribution in [0.4, 0.5) is 5.69 Å². The summed E-state index contributed by atoms with van der Waals surface area (Å²) in [7, 11) is 0. The Bertz CT molecular complexity index is 279. The first-order valence-corrected chi connectivity index (χ1v) is 5.46. The van der Waals surface area contributed by atoms with Gasteiger partial charge in [0.05, 0.1) is 17.6 Å². The van der Waals surface area contributed by atoms with Gasteiger partial charge >= 0.3 is 0 Å². The van der Waals surface area contributed by atoms with E-state index in [1.54, 1.807) is 24.5 Å². The lowest BCUT2D eigenvalue weighted by atomic mass is 10.4. The van der Waals surface area contributed by atoms with Crippen LogP contribution in [0, 0.1) is 0 Å². The predicted molar refractivity (Wildman–Crippen MR) is 59.2 cm³/mol. The van der Waals surface area contributed by atoms with E-state index in [4.69, 9.17) is 5.73 Å². The Hall–Kier alpha value is -1.07. The molecule has 0 spiro atoms. The molecule has 0 unspecified atom stereocenters. The molecular weight excluding hydrogens is 198 g/mol. The van der Waals surface area contributed by atoms with Crippen LogP contribution in [-0.4, -0.2) is 28.9 Å². The highest BCUT2D eigenvalue weighted by Crippen LogP contribution is 2.04. The maximum absolute atomic E-state index is 11.3. The molecule has 1 aromatic heterocycles. The number of anilines is 1. The van der Waals surface area contributed by atoms with Crippen molar-refractivity contribution in [3.05, 3.63) is 24.5 Å². The molecule has 1 rings (SSSR count). The van der Waals surface area contributed by atoms with E-state index in [0.717, 1.165) is 11.4 Å². The summed E-state index contributed by atoms with van der Waals surface area (Å²) in [5.74, 6) is 1.23. The van der Waals surface area contributed by atoms with Crippen LogP contribution in [0.2, 0.25) is 0 Å². The van der Waals surface area contributed by atoms with Gasteiger partial charge in [-0.05, 0) is 12.1 Å². The number of carbonyl (C=O) groups is 1. The Morgan fingerprint density at radius 2 is 2.50 bits per heavy atom. The van der Waals surface area contributed by atoms with Crippen LogP contribution in [0.3, 0.4) is 0 Å². The number of amides is 1. The van der Waals surface area contributed by atoms with E-state index in [1.807, 2.05) is 0 Å². The summed E-state index contributed by atoms with van der Waals surface area (Å²) in [6.07, 6.45) is 3.28. The molecule has 1 aromatic rings. The summed E-state index contributed by atoms with van der Waals surface area (Å²) in [6, 6.07) is 3.58. The number of aromatic nitrogens is 1. The monoisotopic (exact) mass is 211 g/mol. The van der Waals surface area contributed by atoms with Gasteiger partial charge in [0, 0.05) is 18.5 Å². The van der Waals surface area contributed by atoms with Crippen LogP contribution in [0.5, 0.6) is 0 Å². The highest BCUT2D eigenvalue weighted by atomic mass is 32.2. The second-order valence-corrected chi connectivity index (χ2v) is 3.74. The third kappa shape index (κ3) is 4.25. The number of carbonyl (C=O) groups excluding carboxylic acids is 1. The van der Waals surface area contributed by atoms with Gasteiger partial charge in [-0.25, -0.2) is 0 Å². The largest absolute Gasteiger partial charge is 0.330 e. The van der Waals surface area contributed by atoms with Gasteiger partial charge in [-0.15, -0.1) is 0 Å². The minimum absolute atomic E-state index is 0.0172. The minimum Gasteiger partial charge on any atom is -0.330 e. The molecule has 3 N–H and O–H groups in total. The first kappa shape index (κ1) is 11.0. The normalized spacial score (nSPS) is 9.79. The number of hydrogen-bond donors (Lipinski definition) is 2. The van der Waals surface area contributed by atoms with Crippen molar-refractivity contribution in [2.75, 3.05) is 23.4 Å². The number of rotatable bonds is 5. The molecule has 1 heterocycles. The SMILES string of the molecule is NCCSCC(=O)Nc1cccnc1. The lowest BCUT2D eigenvalue weighted by Gasteiger charge is -2.03. The smallest absolute Gasteiger partial charge is 0.234 e. The van der Waals surface area contributed by atoms with Crippen molar-refractivity contribution >= 4 is 23.4 Å². The van der Waals surface area contributed by atoms with E-state index in [1.165, 1.54) is 11.8 Å². The van der Waals surface area contributed by atoms with E-state index >= 15 is 0 Å². The van der Waals surface area contributed by atoms with E-state index in [9.17, 15) is 4.79 Å². The Morgan fingerprint density at radius 3 is 3.14 bits per heavy atom. The molecule has 0 saturated carbocycles. The van der Waals surface area contributed by atoms with Gasteiger partial charge in [-0.3, -0.25) is 9.78 Å². The van der Waals surface area contributed by atoms with Crippen molar-refractivity contribution in [1.29, 1.82) is 0 Å². The summed E-state index contributed by atoms with van der Waals surface area (Å²) in [4.78, 5) is 15.2. The van der Waals surface area contributed by atoms with Gasteiger partial charge in [0.15, 0.2) is 0 Å². The molecule has 0 saturated heterocycles. The van der Waals surface area contributed by atoms with Crippen molar-refractivity contribution in [1.82, 2.24) is 4.98 Å². The predicted octanol–water partition coefficient (Wildman–Crippen LogP) is 0.712. The highest BCUT2D eigenvalue weighted by molar-refractivity contribution is 7.99. The molecule has 14 heavy (non-hydrogen) atoms.